The molecule has 0 radical (unpaired) electrons. The van der Waals surface area contributed by atoms with Gasteiger partial charge in [-0.15, -0.1) is 0 Å². The largest absolute Gasteiger partial charge is 0.469 e. The third-order valence-electron chi connectivity index (χ3n) is 4.08. The van der Waals surface area contributed by atoms with Crippen LogP contribution in [0, 0.1) is 11.3 Å². The molecule has 3 rings (SSSR count). The molecule has 88 valence electrons. The second kappa shape index (κ2) is 3.36. The Morgan fingerprint density at radius 3 is 2.88 bits per heavy atom. The van der Waals surface area contributed by atoms with E-state index in [-0.39, 0.29) is 0 Å². The molecule has 0 aliphatic heterocycles. The van der Waals surface area contributed by atoms with Crippen LogP contribution in [-0.4, -0.2) is 6.04 Å². The first kappa shape index (κ1) is 10.4. The Balaban J connectivity index is 1.82. The maximum Gasteiger partial charge on any atom is 0.109 e. The number of furan rings is 1. The van der Waals surface area contributed by atoms with Crippen molar-refractivity contribution in [2.24, 2.45) is 11.3 Å². The Hall–Kier alpha value is -0.760. The summed E-state index contributed by atoms with van der Waals surface area (Å²) in [4.78, 5) is 0. The molecular formula is C14H21NO. The lowest BCUT2D eigenvalue weighted by Gasteiger charge is -2.35. The van der Waals surface area contributed by atoms with Crippen molar-refractivity contribution in [3.63, 3.8) is 0 Å². The quantitative estimate of drug-likeness (QED) is 0.825. The summed E-state index contributed by atoms with van der Waals surface area (Å²) >= 11 is 0. The zero-order valence-electron chi connectivity index (χ0n) is 10.4. The lowest BCUT2D eigenvalue weighted by molar-refractivity contribution is 0.233. The maximum atomic E-state index is 5.61. The highest BCUT2D eigenvalue weighted by atomic mass is 16.3. The molecule has 1 N–H and O–H groups in total. The fourth-order valence-electron chi connectivity index (χ4n) is 2.94. The van der Waals surface area contributed by atoms with Crippen LogP contribution >= 0.6 is 0 Å². The Kier molecular flexibility index (Phi) is 2.19. The molecule has 2 heteroatoms. The monoisotopic (exact) mass is 219 g/mol. The van der Waals surface area contributed by atoms with Gasteiger partial charge in [-0.05, 0) is 30.2 Å². The minimum absolute atomic E-state index is 0.362. The summed E-state index contributed by atoms with van der Waals surface area (Å²) in [6.07, 6.45) is 5.48. The molecule has 1 aromatic heterocycles. The van der Waals surface area contributed by atoms with E-state index in [0.717, 1.165) is 18.4 Å². The summed E-state index contributed by atoms with van der Waals surface area (Å²) in [7, 11) is 0. The van der Waals surface area contributed by atoms with E-state index >= 15 is 0 Å². The van der Waals surface area contributed by atoms with Crippen molar-refractivity contribution in [2.75, 3.05) is 0 Å². The second-order valence-electron chi connectivity index (χ2n) is 6.38. The van der Waals surface area contributed by atoms with Gasteiger partial charge in [0.25, 0.3) is 0 Å². The lowest BCUT2D eigenvalue weighted by atomic mass is 9.75. The van der Waals surface area contributed by atoms with E-state index < -0.39 is 0 Å². The van der Waals surface area contributed by atoms with Gasteiger partial charge in [0.2, 0.25) is 0 Å². The Morgan fingerprint density at radius 2 is 2.19 bits per heavy atom. The fourth-order valence-corrected chi connectivity index (χ4v) is 2.94. The van der Waals surface area contributed by atoms with Crippen LogP contribution in [-0.2, 0) is 6.42 Å². The molecule has 3 unspecified atom stereocenters. The average Bonchev–Trinajstić information content (AvgIpc) is 2.70. The van der Waals surface area contributed by atoms with Gasteiger partial charge < -0.3 is 9.73 Å². The summed E-state index contributed by atoms with van der Waals surface area (Å²) in [5, 5.41) is 3.78. The van der Waals surface area contributed by atoms with Gasteiger partial charge in [-0.3, -0.25) is 0 Å². The van der Waals surface area contributed by atoms with Crippen LogP contribution in [0.3, 0.4) is 0 Å². The Labute approximate surface area is 97.4 Å². The topological polar surface area (TPSA) is 25.2 Å². The van der Waals surface area contributed by atoms with Gasteiger partial charge in [0, 0.05) is 24.1 Å². The molecule has 0 aromatic carbocycles. The van der Waals surface area contributed by atoms with E-state index in [9.17, 15) is 0 Å². The first-order valence-corrected chi connectivity index (χ1v) is 6.37. The van der Waals surface area contributed by atoms with Crippen LogP contribution in [0.1, 0.15) is 51.0 Å². The van der Waals surface area contributed by atoms with Crippen molar-refractivity contribution in [3.8, 4) is 0 Å². The minimum Gasteiger partial charge on any atom is -0.469 e. The summed E-state index contributed by atoms with van der Waals surface area (Å²) in [5.41, 5.74) is 1.76. The van der Waals surface area contributed by atoms with Crippen LogP contribution in [0.15, 0.2) is 16.7 Å². The average molecular weight is 219 g/mol. The number of fused-ring (bicyclic) bond motifs is 1. The number of rotatable bonds is 2. The summed E-state index contributed by atoms with van der Waals surface area (Å²) < 4.78 is 5.61. The highest BCUT2D eigenvalue weighted by Crippen LogP contribution is 2.43. The van der Waals surface area contributed by atoms with Gasteiger partial charge in [0.1, 0.15) is 5.76 Å². The highest BCUT2D eigenvalue weighted by molar-refractivity contribution is 5.26. The summed E-state index contributed by atoms with van der Waals surface area (Å²) in [5.74, 6) is 2.06. The molecule has 0 bridgehead atoms. The Morgan fingerprint density at radius 1 is 1.44 bits per heavy atom. The van der Waals surface area contributed by atoms with Gasteiger partial charge in [0.05, 0.1) is 6.26 Å². The van der Waals surface area contributed by atoms with E-state index in [1.165, 1.54) is 24.2 Å². The molecule has 1 aromatic rings. The molecule has 2 aliphatic rings. The highest BCUT2D eigenvalue weighted by Gasteiger charge is 2.39. The number of hydrogen-bond acceptors (Lipinski definition) is 2. The van der Waals surface area contributed by atoms with E-state index in [1.54, 1.807) is 0 Å². The number of nitrogens with one attached hydrogen (secondary N) is 1. The first-order chi connectivity index (χ1) is 7.55. The number of hydrogen-bond donors (Lipinski definition) is 1. The minimum atomic E-state index is 0.362. The van der Waals surface area contributed by atoms with Crippen LogP contribution in [0.25, 0.3) is 0 Å². The molecule has 2 aliphatic carbocycles. The molecule has 1 heterocycles. The zero-order valence-corrected chi connectivity index (χ0v) is 10.4. The van der Waals surface area contributed by atoms with Crippen molar-refractivity contribution in [1.29, 1.82) is 0 Å². The van der Waals surface area contributed by atoms with Gasteiger partial charge in [-0.1, -0.05) is 20.8 Å². The maximum absolute atomic E-state index is 5.61. The Bertz CT molecular complexity index is 393. The van der Waals surface area contributed by atoms with E-state index in [2.05, 4.69) is 32.2 Å². The molecule has 1 saturated carbocycles. The second-order valence-corrected chi connectivity index (χ2v) is 6.38. The van der Waals surface area contributed by atoms with Crippen LogP contribution in [0.5, 0.6) is 0 Å². The predicted molar refractivity (Wildman–Crippen MR) is 64.3 cm³/mol. The molecule has 0 amide bonds. The van der Waals surface area contributed by atoms with Crippen LogP contribution in [0.2, 0.25) is 0 Å². The van der Waals surface area contributed by atoms with Crippen molar-refractivity contribution in [3.05, 3.63) is 23.7 Å². The molecule has 0 spiro atoms. The van der Waals surface area contributed by atoms with E-state index in [4.69, 9.17) is 4.42 Å². The van der Waals surface area contributed by atoms with Gasteiger partial charge >= 0.3 is 0 Å². The van der Waals surface area contributed by atoms with E-state index in [1.807, 2.05) is 6.26 Å². The SMILES string of the molecule is CC1CC1NC1CC(C)(C)Cc2occc21. The standard InChI is InChI=1S/C14H21NO/c1-9-6-11(9)15-12-7-14(2,3)8-13-10(12)4-5-16-13/h4-5,9,11-12,15H,6-8H2,1-3H3. The lowest BCUT2D eigenvalue weighted by Crippen LogP contribution is -2.34. The van der Waals surface area contributed by atoms with Gasteiger partial charge in [-0.25, -0.2) is 0 Å². The summed E-state index contributed by atoms with van der Waals surface area (Å²) in [6.45, 7) is 6.99. The molecule has 2 nitrogen and oxygen atoms in total. The van der Waals surface area contributed by atoms with E-state index in [0.29, 0.717) is 11.5 Å². The van der Waals surface area contributed by atoms with Gasteiger partial charge in [-0.2, -0.15) is 0 Å². The molecule has 16 heavy (non-hydrogen) atoms. The predicted octanol–water partition coefficient (Wildman–Crippen LogP) is 3.29. The smallest absolute Gasteiger partial charge is 0.109 e. The fraction of sp³-hybridized carbons (Fsp3) is 0.714. The van der Waals surface area contributed by atoms with Crippen molar-refractivity contribution < 1.29 is 4.42 Å². The van der Waals surface area contributed by atoms with Crippen LogP contribution in [0.4, 0.5) is 0 Å². The normalized spacial score (nSPS) is 35.8. The van der Waals surface area contributed by atoms with Crippen molar-refractivity contribution in [2.45, 2.75) is 52.1 Å². The molecule has 0 saturated heterocycles. The third kappa shape index (κ3) is 1.80. The summed E-state index contributed by atoms with van der Waals surface area (Å²) in [6, 6.07) is 3.39. The van der Waals surface area contributed by atoms with Crippen molar-refractivity contribution >= 4 is 0 Å². The molecule has 3 atom stereocenters. The zero-order chi connectivity index (χ0) is 11.3. The van der Waals surface area contributed by atoms with Crippen molar-refractivity contribution in [1.82, 2.24) is 5.32 Å². The molecular weight excluding hydrogens is 198 g/mol. The molecule has 1 fully saturated rings. The third-order valence-corrected chi connectivity index (χ3v) is 4.08. The van der Waals surface area contributed by atoms with Gasteiger partial charge in [0.15, 0.2) is 0 Å². The van der Waals surface area contributed by atoms with Crippen LogP contribution < -0.4 is 5.32 Å². The first-order valence-electron chi connectivity index (χ1n) is 6.37.